The van der Waals surface area contributed by atoms with Crippen molar-refractivity contribution < 1.29 is 14.9 Å². The summed E-state index contributed by atoms with van der Waals surface area (Å²) in [5.74, 6) is 0.764. The van der Waals surface area contributed by atoms with Crippen molar-refractivity contribution in [2.75, 3.05) is 20.3 Å². The van der Waals surface area contributed by atoms with Crippen LogP contribution in [0.5, 0.6) is 11.5 Å². The normalized spacial score (nSPS) is 14.5. The summed E-state index contributed by atoms with van der Waals surface area (Å²) in [6.07, 6.45) is 0. The van der Waals surface area contributed by atoms with E-state index in [9.17, 15) is 10.2 Å². The number of methoxy groups -OCH3 is 1. The molecule has 0 heterocycles. The first-order valence-corrected chi connectivity index (χ1v) is 5.78. The Labute approximate surface area is 102 Å². The molecule has 0 bridgehead atoms. The van der Waals surface area contributed by atoms with Gasteiger partial charge in [-0.15, -0.1) is 0 Å². The van der Waals surface area contributed by atoms with Crippen molar-refractivity contribution in [2.45, 2.75) is 19.9 Å². The van der Waals surface area contributed by atoms with Gasteiger partial charge in [-0.2, -0.15) is 0 Å². The second-order valence-corrected chi connectivity index (χ2v) is 4.43. The molecule has 0 radical (unpaired) electrons. The van der Waals surface area contributed by atoms with E-state index in [1.807, 2.05) is 6.92 Å². The molecule has 1 rings (SSSR count). The van der Waals surface area contributed by atoms with Gasteiger partial charge in [0.15, 0.2) is 0 Å². The Morgan fingerprint density at radius 2 is 2.00 bits per heavy atom. The second kappa shape index (κ2) is 6.47. The monoisotopic (exact) mass is 239 g/mol. The molecule has 0 saturated heterocycles. The quantitative estimate of drug-likeness (QED) is 0.665. The summed E-state index contributed by atoms with van der Waals surface area (Å²) in [7, 11) is 1.68. The fraction of sp³-hybridized carbons (Fsp3) is 0.538. The van der Waals surface area contributed by atoms with E-state index in [1.165, 1.54) is 12.1 Å². The summed E-state index contributed by atoms with van der Waals surface area (Å²) in [6.45, 7) is 5.54. The molecule has 0 spiro atoms. The number of ether oxygens (including phenoxy) is 1. The highest BCUT2D eigenvalue weighted by molar-refractivity contribution is 5.40. The molecule has 0 amide bonds. The predicted molar refractivity (Wildman–Crippen MR) is 67.2 cm³/mol. The van der Waals surface area contributed by atoms with Gasteiger partial charge in [-0.25, -0.2) is 0 Å². The van der Waals surface area contributed by atoms with Gasteiger partial charge < -0.3 is 20.3 Å². The Hall–Kier alpha value is -1.26. The van der Waals surface area contributed by atoms with Gasteiger partial charge in [0.25, 0.3) is 0 Å². The third-order valence-electron chi connectivity index (χ3n) is 2.70. The predicted octanol–water partition coefficient (Wildman–Crippen LogP) is 2.03. The summed E-state index contributed by atoms with van der Waals surface area (Å²) in [6, 6.07) is 4.54. The van der Waals surface area contributed by atoms with Crippen LogP contribution in [-0.2, 0) is 4.74 Å². The Morgan fingerprint density at radius 3 is 2.65 bits per heavy atom. The Bertz CT molecular complexity index is 355. The van der Waals surface area contributed by atoms with Gasteiger partial charge in [-0.1, -0.05) is 6.92 Å². The maximum absolute atomic E-state index is 9.70. The number of benzene rings is 1. The molecule has 0 fully saturated rings. The first-order valence-electron chi connectivity index (χ1n) is 5.78. The summed E-state index contributed by atoms with van der Waals surface area (Å²) in [4.78, 5) is 0. The third-order valence-corrected chi connectivity index (χ3v) is 2.70. The van der Waals surface area contributed by atoms with Crippen molar-refractivity contribution in [3.63, 3.8) is 0 Å². The van der Waals surface area contributed by atoms with Gasteiger partial charge in [-0.3, -0.25) is 0 Å². The van der Waals surface area contributed by atoms with Crippen LogP contribution in [0.25, 0.3) is 0 Å². The molecule has 0 aromatic heterocycles. The van der Waals surface area contributed by atoms with Crippen molar-refractivity contribution >= 4 is 0 Å². The number of phenolic OH excluding ortho intramolecular Hbond substituents is 2. The lowest BCUT2D eigenvalue weighted by atomic mass is 10.1. The van der Waals surface area contributed by atoms with E-state index >= 15 is 0 Å². The standard InChI is InChI=1S/C13H21NO3/c1-9(8-17-3)7-14-10(2)12-6-11(15)4-5-13(12)16/h4-6,9-10,14-16H,7-8H2,1-3H3. The second-order valence-electron chi connectivity index (χ2n) is 4.43. The van der Waals surface area contributed by atoms with E-state index in [-0.39, 0.29) is 17.5 Å². The number of hydrogen-bond acceptors (Lipinski definition) is 4. The molecule has 0 aliphatic heterocycles. The molecule has 0 aliphatic carbocycles. The molecule has 0 saturated carbocycles. The molecular formula is C13H21NO3. The maximum Gasteiger partial charge on any atom is 0.120 e. The van der Waals surface area contributed by atoms with Crippen LogP contribution in [0, 0.1) is 5.92 Å². The minimum atomic E-state index is -0.0126. The van der Waals surface area contributed by atoms with E-state index in [1.54, 1.807) is 13.2 Å². The molecule has 17 heavy (non-hydrogen) atoms. The van der Waals surface area contributed by atoms with Crippen LogP contribution in [-0.4, -0.2) is 30.5 Å². The summed E-state index contributed by atoms with van der Waals surface area (Å²) < 4.78 is 5.06. The molecule has 0 aliphatic rings. The maximum atomic E-state index is 9.70. The van der Waals surface area contributed by atoms with E-state index in [0.717, 1.165) is 6.54 Å². The summed E-state index contributed by atoms with van der Waals surface area (Å²) in [5, 5.41) is 22.4. The molecule has 4 heteroatoms. The zero-order chi connectivity index (χ0) is 12.8. The smallest absolute Gasteiger partial charge is 0.120 e. The van der Waals surface area contributed by atoms with E-state index in [4.69, 9.17) is 4.74 Å². The van der Waals surface area contributed by atoms with Crippen molar-refractivity contribution in [1.82, 2.24) is 5.32 Å². The van der Waals surface area contributed by atoms with E-state index in [2.05, 4.69) is 12.2 Å². The summed E-state index contributed by atoms with van der Waals surface area (Å²) in [5.41, 5.74) is 0.703. The first-order chi connectivity index (χ1) is 8.04. The Morgan fingerprint density at radius 1 is 1.29 bits per heavy atom. The van der Waals surface area contributed by atoms with Gasteiger partial charge in [-0.05, 0) is 31.0 Å². The van der Waals surface area contributed by atoms with Gasteiger partial charge in [0.05, 0.1) is 0 Å². The summed E-state index contributed by atoms with van der Waals surface area (Å²) >= 11 is 0. The minimum absolute atomic E-state index is 0.0126. The van der Waals surface area contributed by atoms with Crippen molar-refractivity contribution in [1.29, 1.82) is 0 Å². The lowest BCUT2D eigenvalue weighted by Crippen LogP contribution is -2.26. The van der Waals surface area contributed by atoms with Crippen LogP contribution in [0.3, 0.4) is 0 Å². The number of hydrogen-bond donors (Lipinski definition) is 3. The molecule has 2 unspecified atom stereocenters. The van der Waals surface area contributed by atoms with Crippen LogP contribution in [0.4, 0.5) is 0 Å². The van der Waals surface area contributed by atoms with Crippen LogP contribution >= 0.6 is 0 Å². The fourth-order valence-corrected chi connectivity index (χ4v) is 1.72. The van der Waals surface area contributed by atoms with Gasteiger partial charge in [0.2, 0.25) is 0 Å². The largest absolute Gasteiger partial charge is 0.508 e. The van der Waals surface area contributed by atoms with Crippen LogP contribution in [0.1, 0.15) is 25.5 Å². The average Bonchev–Trinajstić information content (AvgIpc) is 2.29. The Balaban J connectivity index is 2.57. The highest BCUT2D eigenvalue weighted by Crippen LogP contribution is 2.27. The highest BCUT2D eigenvalue weighted by atomic mass is 16.5. The average molecular weight is 239 g/mol. The van der Waals surface area contributed by atoms with Gasteiger partial charge >= 0.3 is 0 Å². The van der Waals surface area contributed by atoms with Crippen LogP contribution < -0.4 is 5.32 Å². The zero-order valence-electron chi connectivity index (χ0n) is 10.6. The molecule has 2 atom stereocenters. The van der Waals surface area contributed by atoms with E-state index < -0.39 is 0 Å². The first kappa shape index (κ1) is 13.8. The van der Waals surface area contributed by atoms with Crippen molar-refractivity contribution in [3.8, 4) is 11.5 Å². The lowest BCUT2D eigenvalue weighted by Gasteiger charge is -2.18. The fourth-order valence-electron chi connectivity index (χ4n) is 1.72. The van der Waals surface area contributed by atoms with Crippen molar-refractivity contribution in [2.24, 2.45) is 5.92 Å². The molecular weight excluding hydrogens is 218 g/mol. The van der Waals surface area contributed by atoms with Crippen LogP contribution in [0.2, 0.25) is 0 Å². The van der Waals surface area contributed by atoms with E-state index in [0.29, 0.717) is 18.1 Å². The Kier molecular flexibility index (Phi) is 5.25. The van der Waals surface area contributed by atoms with Gasteiger partial charge in [0, 0.05) is 31.9 Å². The SMILES string of the molecule is COCC(C)CNC(C)c1cc(O)ccc1O. The van der Waals surface area contributed by atoms with Crippen molar-refractivity contribution in [3.05, 3.63) is 23.8 Å². The molecule has 4 nitrogen and oxygen atoms in total. The third kappa shape index (κ3) is 4.24. The molecule has 96 valence electrons. The number of nitrogens with one attached hydrogen (secondary N) is 1. The number of rotatable bonds is 6. The topological polar surface area (TPSA) is 61.7 Å². The zero-order valence-corrected chi connectivity index (χ0v) is 10.6. The highest BCUT2D eigenvalue weighted by Gasteiger charge is 2.12. The molecule has 1 aromatic carbocycles. The van der Waals surface area contributed by atoms with Crippen LogP contribution in [0.15, 0.2) is 18.2 Å². The number of aromatic hydroxyl groups is 2. The minimum Gasteiger partial charge on any atom is -0.508 e. The molecule has 3 N–H and O–H groups in total. The lowest BCUT2D eigenvalue weighted by molar-refractivity contribution is 0.157. The number of phenols is 2. The molecule has 1 aromatic rings. The van der Waals surface area contributed by atoms with Gasteiger partial charge in [0.1, 0.15) is 11.5 Å².